The summed E-state index contributed by atoms with van der Waals surface area (Å²) in [5.74, 6) is -0.932. The summed E-state index contributed by atoms with van der Waals surface area (Å²) >= 11 is 0. The number of hydrogen-bond donors (Lipinski definition) is 3. The van der Waals surface area contributed by atoms with Crippen molar-refractivity contribution in [3.63, 3.8) is 0 Å². The summed E-state index contributed by atoms with van der Waals surface area (Å²) in [6, 6.07) is 0.197. The highest BCUT2D eigenvalue weighted by molar-refractivity contribution is 5.77. The molecule has 0 saturated carbocycles. The zero-order chi connectivity index (χ0) is 15.5. The predicted molar refractivity (Wildman–Crippen MR) is 77.2 cm³/mol. The van der Waals surface area contributed by atoms with Crippen molar-refractivity contribution < 1.29 is 19.4 Å². The molecule has 2 aliphatic heterocycles. The SMILES string of the molecule is CC(C)(CNC(=O)NCC1CN2CCCC2CO1)C(=O)O. The normalized spacial score (nSPS) is 26.2. The van der Waals surface area contributed by atoms with Gasteiger partial charge in [0.15, 0.2) is 0 Å². The molecule has 3 N–H and O–H groups in total. The van der Waals surface area contributed by atoms with Crippen LogP contribution in [0.1, 0.15) is 26.7 Å². The molecule has 2 amide bonds. The Morgan fingerprint density at radius 1 is 1.38 bits per heavy atom. The second-order valence-electron chi connectivity index (χ2n) is 6.50. The molecular formula is C14H25N3O4. The van der Waals surface area contributed by atoms with Crippen molar-refractivity contribution in [2.45, 2.75) is 38.8 Å². The van der Waals surface area contributed by atoms with Gasteiger partial charge in [0, 0.05) is 25.7 Å². The van der Waals surface area contributed by atoms with E-state index < -0.39 is 11.4 Å². The molecule has 0 aliphatic carbocycles. The number of urea groups is 1. The summed E-state index contributed by atoms with van der Waals surface area (Å²) in [7, 11) is 0. The van der Waals surface area contributed by atoms with E-state index in [9.17, 15) is 9.59 Å². The third-order valence-corrected chi connectivity index (χ3v) is 4.22. The average Bonchev–Trinajstić information content (AvgIpc) is 2.90. The third kappa shape index (κ3) is 4.31. The van der Waals surface area contributed by atoms with Crippen LogP contribution in [-0.2, 0) is 9.53 Å². The van der Waals surface area contributed by atoms with Crippen LogP contribution in [0, 0.1) is 5.41 Å². The first-order valence-electron chi connectivity index (χ1n) is 7.49. The van der Waals surface area contributed by atoms with Crippen LogP contribution in [0.2, 0.25) is 0 Å². The molecule has 0 aromatic heterocycles. The number of hydrogen-bond acceptors (Lipinski definition) is 4. The number of ether oxygens (including phenoxy) is 1. The van der Waals surface area contributed by atoms with Crippen LogP contribution >= 0.6 is 0 Å². The molecule has 7 heteroatoms. The van der Waals surface area contributed by atoms with Crippen LogP contribution in [0.3, 0.4) is 0 Å². The van der Waals surface area contributed by atoms with Crippen LogP contribution in [0.5, 0.6) is 0 Å². The molecule has 21 heavy (non-hydrogen) atoms. The van der Waals surface area contributed by atoms with Crippen molar-refractivity contribution in [2.75, 3.05) is 32.8 Å². The van der Waals surface area contributed by atoms with Gasteiger partial charge in [0.1, 0.15) is 0 Å². The summed E-state index contributed by atoms with van der Waals surface area (Å²) in [5.41, 5.74) is -0.971. The Balaban J connectivity index is 1.66. The highest BCUT2D eigenvalue weighted by atomic mass is 16.5. The fourth-order valence-corrected chi connectivity index (χ4v) is 2.66. The van der Waals surface area contributed by atoms with Gasteiger partial charge in [0.05, 0.1) is 18.1 Å². The van der Waals surface area contributed by atoms with Crippen molar-refractivity contribution in [3.05, 3.63) is 0 Å². The number of amides is 2. The Hall–Kier alpha value is -1.34. The largest absolute Gasteiger partial charge is 0.481 e. The standard InChI is InChI=1S/C14H25N3O4/c1-14(2,12(18)19)9-16-13(20)15-6-11-7-17-5-3-4-10(17)8-21-11/h10-11H,3-9H2,1-2H3,(H,18,19)(H2,15,16,20). The van der Waals surface area contributed by atoms with Gasteiger partial charge in [-0.2, -0.15) is 0 Å². The molecule has 0 aromatic carbocycles. The lowest BCUT2D eigenvalue weighted by atomic mass is 9.94. The molecule has 2 rings (SSSR count). The van der Waals surface area contributed by atoms with E-state index in [0.717, 1.165) is 19.7 Å². The maximum atomic E-state index is 11.7. The van der Waals surface area contributed by atoms with Gasteiger partial charge in [-0.15, -0.1) is 0 Å². The molecule has 2 atom stereocenters. The molecule has 2 unspecified atom stereocenters. The van der Waals surface area contributed by atoms with Crippen molar-refractivity contribution in [1.29, 1.82) is 0 Å². The zero-order valence-corrected chi connectivity index (χ0v) is 12.7. The Kier molecular flexibility index (Phi) is 5.05. The number of rotatable bonds is 5. The predicted octanol–water partition coefficient (Wildman–Crippen LogP) is 0.260. The lowest BCUT2D eigenvalue weighted by Crippen LogP contribution is -2.51. The van der Waals surface area contributed by atoms with Gasteiger partial charge in [0.25, 0.3) is 0 Å². The summed E-state index contributed by atoms with van der Waals surface area (Å²) in [6.45, 7) is 6.40. The van der Waals surface area contributed by atoms with Gasteiger partial charge in [-0.05, 0) is 33.2 Å². The number of nitrogens with zero attached hydrogens (tertiary/aromatic N) is 1. The summed E-state index contributed by atoms with van der Waals surface area (Å²) in [4.78, 5) is 25.1. The monoisotopic (exact) mass is 299 g/mol. The maximum Gasteiger partial charge on any atom is 0.314 e. The minimum absolute atomic E-state index is 0.0117. The molecule has 2 aliphatic rings. The lowest BCUT2D eigenvalue weighted by molar-refractivity contribution is -0.146. The van der Waals surface area contributed by atoms with Crippen molar-refractivity contribution in [1.82, 2.24) is 15.5 Å². The first-order chi connectivity index (χ1) is 9.88. The van der Waals surface area contributed by atoms with E-state index in [1.165, 1.54) is 12.8 Å². The quantitative estimate of drug-likeness (QED) is 0.677. The van der Waals surface area contributed by atoms with Crippen LogP contribution in [0.15, 0.2) is 0 Å². The first kappa shape index (κ1) is 16.0. The molecule has 2 saturated heterocycles. The smallest absolute Gasteiger partial charge is 0.314 e. The highest BCUT2D eigenvalue weighted by Gasteiger charge is 2.32. The number of nitrogens with one attached hydrogen (secondary N) is 2. The second kappa shape index (κ2) is 6.62. The molecule has 0 bridgehead atoms. The number of carboxylic acids is 1. The topological polar surface area (TPSA) is 90.9 Å². The van der Waals surface area contributed by atoms with E-state index in [1.807, 2.05) is 0 Å². The van der Waals surface area contributed by atoms with E-state index in [1.54, 1.807) is 13.8 Å². The Bertz CT molecular complexity index is 400. The van der Waals surface area contributed by atoms with Gasteiger partial charge < -0.3 is 20.5 Å². The van der Waals surface area contributed by atoms with Crippen LogP contribution < -0.4 is 10.6 Å². The summed E-state index contributed by atoms with van der Waals surface area (Å²) in [6.07, 6.45) is 2.43. The van der Waals surface area contributed by atoms with Crippen LogP contribution in [-0.4, -0.2) is 66.9 Å². The Morgan fingerprint density at radius 2 is 2.14 bits per heavy atom. The van der Waals surface area contributed by atoms with E-state index in [2.05, 4.69) is 15.5 Å². The fraction of sp³-hybridized carbons (Fsp3) is 0.857. The summed E-state index contributed by atoms with van der Waals surface area (Å²) in [5, 5.41) is 14.3. The van der Waals surface area contributed by atoms with Crippen LogP contribution in [0.25, 0.3) is 0 Å². The number of carbonyl (C=O) groups is 2. The fourth-order valence-electron chi connectivity index (χ4n) is 2.66. The number of aliphatic carboxylic acids is 1. The molecule has 2 heterocycles. The van der Waals surface area contributed by atoms with Gasteiger partial charge in [-0.25, -0.2) is 4.79 Å². The van der Waals surface area contributed by atoms with Gasteiger partial charge in [-0.1, -0.05) is 0 Å². The average molecular weight is 299 g/mol. The molecule has 2 fully saturated rings. The number of carbonyl (C=O) groups excluding carboxylic acids is 1. The number of fused-ring (bicyclic) bond motifs is 1. The molecular weight excluding hydrogens is 274 g/mol. The second-order valence-corrected chi connectivity index (χ2v) is 6.50. The third-order valence-electron chi connectivity index (χ3n) is 4.22. The first-order valence-corrected chi connectivity index (χ1v) is 7.49. The highest BCUT2D eigenvalue weighted by Crippen LogP contribution is 2.22. The minimum atomic E-state index is -0.971. The van der Waals surface area contributed by atoms with E-state index in [4.69, 9.17) is 9.84 Å². The van der Waals surface area contributed by atoms with Gasteiger partial charge in [-0.3, -0.25) is 9.69 Å². The van der Waals surface area contributed by atoms with E-state index >= 15 is 0 Å². The number of carboxylic acid groups (broad SMARTS) is 1. The van der Waals surface area contributed by atoms with Gasteiger partial charge >= 0.3 is 12.0 Å². The van der Waals surface area contributed by atoms with Crippen LogP contribution in [0.4, 0.5) is 4.79 Å². The Labute approximate surface area is 125 Å². The molecule has 0 radical (unpaired) electrons. The van der Waals surface area contributed by atoms with E-state index in [-0.39, 0.29) is 18.7 Å². The number of morpholine rings is 1. The lowest BCUT2D eigenvalue weighted by Gasteiger charge is -2.35. The van der Waals surface area contributed by atoms with E-state index in [0.29, 0.717) is 12.6 Å². The van der Waals surface area contributed by atoms with Crippen molar-refractivity contribution in [2.24, 2.45) is 5.41 Å². The van der Waals surface area contributed by atoms with Crippen molar-refractivity contribution >= 4 is 12.0 Å². The molecule has 7 nitrogen and oxygen atoms in total. The summed E-state index contributed by atoms with van der Waals surface area (Å²) < 4.78 is 5.75. The van der Waals surface area contributed by atoms with Crippen molar-refractivity contribution in [3.8, 4) is 0 Å². The van der Waals surface area contributed by atoms with Gasteiger partial charge in [0.2, 0.25) is 0 Å². The molecule has 0 spiro atoms. The maximum absolute atomic E-state index is 11.7. The Morgan fingerprint density at radius 3 is 2.86 bits per heavy atom. The zero-order valence-electron chi connectivity index (χ0n) is 12.7. The molecule has 120 valence electrons. The minimum Gasteiger partial charge on any atom is -0.481 e. The molecule has 0 aromatic rings.